The number of amides is 1. The summed E-state index contributed by atoms with van der Waals surface area (Å²) in [7, 11) is 6.71. The van der Waals surface area contributed by atoms with Gasteiger partial charge in [0.25, 0.3) is 0 Å². The quantitative estimate of drug-likeness (QED) is 0.345. The van der Waals surface area contributed by atoms with Crippen molar-refractivity contribution in [2.24, 2.45) is 29.4 Å². The number of hydrogen-bond donors (Lipinski definition) is 4. The Morgan fingerprint density at radius 2 is 1.85 bits per heavy atom. The van der Waals surface area contributed by atoms with Crippen molar-refractivity contribution in [2.75, 3.05) is 38.4 Å². The van der Waals surface area contributed by atoms with Gasteiger partial charge in [0.15, 0.2) is 34.7 Å². The number of benzene rings is 1. The van der Waals surface area contributed by atoms with Crippen molar-refractivity contribution in [3.63, 3.8) is 0 Å². The Morgan fingerprint density at radius 1 is 1.15 bits per heavy atom. The molecule has 216 valence electrons. The number of aromatic hydroxyl groups is 1. The van der Waals surface area contributed by atoms with E-state index in [2.05, 4.69) is 10.3 Å². The molecule has 2 unspecified atom stereocenters. The molecular weight excluding hydrogens is 530 g/mol. The number of rotatable bonds is 6. The second-order valence-corrected chi connectivity index (χ2v) is 11.5. The highest BCUT2D eigenvalue weighted by molar-refractivity contribution is 6.32. The number of nitrogens with two attached hydrogens (primary N) is 1. The lowest BCUT2D eigenvalue weighted by Gasteiger charge is -2.52. The predicted molar refractivity (Wildman–Crippen MR) is 147 cm³/mol. The molecule has 0 bridgehead atoms. The van der Waals surface area contributed by atoms with Gasteiger partial charge in [0.05, 0.1) is 17.5 Å². The summed E-state index contributed by atoms with van der Waals surface area (Å²) in [6, 6.07) is 5.94. The molecule has 0 radical (unpaired) electrons. The topological polar surface area (TPSA) is 183 Å². The summed E-state index contributed by atoms with van der Waals surface area (Å²) in [5.74, 6) is -10.1. The van der Waals surface area contributed by atoms with Crippen LogP contribution in [0.5, 0.6) is 5.75 Å². The molecule has 5 N–H and O–H groups in total. The Bertz CT molecular complexity index is 1470. The first-order chi connectivity index (χ1) is 19.3. The highest BCUT2D eigenvalue weighted by atomic mass is 16.3. The number of nitrogens with zero attached hydrogens (tertiary/aromatic N) is 3. The largest absolute Gasteiger partial charge is 0.507 e. The molecule has 2 fully saturated rings. The van der Waals surface area contributed by atoms with E-state index in [4.69, 9.17) is 5.73 Å². The normalized spacial score (nSPS) is 29.1. The zero-order valence-electron chi connectivity index (χ0n) is 23.2. The molecule has 12 heteroatoms. The third-order valence-electron chi connectivity index (χ3n) is 8.72. The number of likely N-dealkylation sites (N-methyl/N-ethyl adjacent to an activating group) is 1. The van der Waals surface area contributed by atoms with Crippen molar-refractivity contribution in [3.8, 4) is 5.75 Å². The van der Waals surface area contributed by atoms with Gasteiger partial charge in [-0.25, -0.2) is 4.98 Å². The maximum Gasteiger partial charge on any atom is 0.235 e. The lowest BCUT2D eigenvalue weighted by molar-refractivity contribution is -0.181. The predicted octanol–water partition coefficient (Wildman–Crippen LogP) is -0.0599. The van der Waals surface area contributed by atoms with Gasteiger partial charge in [0.1, 0.15) is 11.6 Å². The van der Waals surface area contributed by atoms with Crippen molar-refractivity contribution < 1.29 is 34.2 Å². The maximum atomic E-state index is 14.1. The average molecular weight is 564 g/mol. The SMILES string of the molecule is CN(C)c1cc(CNc2ccccn2)c(O)c2c1C[C@H]1C[C@H]3[C@@H](N(C)C)C(=O)C(C(N)=O)C(=O)[C@@]3(O)C(=O)C1C2=O. The molecule has 2 aromatic rings. The zero-order chi connectivity index (χ0) is 30.0. The van der Waals surface area contributed by atoms with Gasteiger partial charge in [-0.1, -0.05) is 6.07 Å². The van der Waals surface area contributed by atoms with Crippen LogP contribution in [0, 0.1) is 23.7 Å². The van der Waals surface area contributed by atoms with Crippen molar-refractivity contribution in [1.82, 2.24) is 9.88 Å². The molecule has 1 amide bonds. The van der Waals surface area contributed by atoms with E-state index >= 15 is 0 Å². The fourth-order valence-corrected chi connectivity index (χ4v) is 6.89. The van der Waals surface area contributed by atoms with Gasteiger partial charge >= 0.3 is 0 Å². The van der Waals surface area contributed by atoms with Crippen molar-refractivity contribution in [3.05, 3.63) is 47.2 Å². The molecule has 12 nitrogen and oxygen atoms in total. The second kappa shape index (κ2) is 10.0. The number of aliphatic hydroxyl groups is 1. The molecular formula is C29H33N5O7. The number of phenolic OH excluding ortho intramolecular Hbond substituents is 1. The molecule has 0 saturated heterocycles. The number of Topliss-reactive ketones (excluding diaryl/α,β-unsaturated/α-hetero) is 4. The number of aromatic nitrogens is 1. The van der Waals surface area contributed by atoms with Gasteiger partial charge in [0, 0.05) is 44.0 Å². The molecule has 6 atom stereocenters. The van der Waals surface area contributed by atoms with E-state index in [1.54, 1.807) is 58.7 Å². The minimum Gasteiger partial charge on any atom is -0.507 e. The van der Waals surface area contributed by atoms with Crippen LogP contribution in [0.25, 0.3) is 0 Å². The molecule has 3 aliphatic carbocycles. The molecule has 1 aromatic heterocycles. The van der Waals surface area contributed by atoms with E-state index < -0.39 is 64.4 Å². The van der Waals surface area contributed by atoms with Crippen LogP contribution >= 0.6 is 0 Å². The molecule has 0 aliphatic heterocycles. The van der Waals surface area contributed by atoms with E-state index in [1.807, 2.05) is 4.90 Å². The van der Waals surface area contributed by atoms with E-state index in [1.165, 1.54) is 4.90 Å². The van der Waals surface area contributed by atoms with Gasteiger partial charge in [-0.3, -0.25) is 28.9 Å². The number of primary amides is 1. The molecule has 5 rings (SSSR count). The summed E-state index contributed by atoms with van der Waals surface area (Å²) in [5.41, 5.74) is 4.19. The van der Waals surface area contributed by atoms with Crippen LogP contribution < -0.4 is 16.0 Å². The third kappa shape index (κ3) is 4.20. The van der Waals surface area contributed by atoms with Crippen molar-refractivity contribution in [1.29, 1.82) is 0 Å². The minimum atomic E-state index is -2.75. The summed E-state index contributed by atoms with van der Waals surface area (Å²) in [4.78, 5) is 74.4. The standard InChI is InChI=1S/C29H33N5O7/c1-33(2)17-11-14(12-32-18-7-5-6-8-31-18)23(35)20-15(17)9-13-10-16-22(34(3)4)25(37)21(28(30)40)27(39)29(16,41)26(38)19(13)24(20)36/h5-8,11,13,16,19,21-22,35,41H,9-10,12H2,1-4H3,(H2,30,40)(H,31,32)/t13-,16-,19?,21?,22+,29-/m0/s1. The summed E-state index contributed by atoms with van der Waals surface area (Å²) < 4.78 is 0. The lowest BCUT2D eigenvalue weighted by atomic mass is 9.52. The lowest BCUT2D eigenvalue weighted by Crippen LogP contribution is -2.74. The summed E-state index contributed by atoms with van der Waals surface area (Å²) in [6.45, 7) is 0.129. The molecule has 0 spiro atoms. The molecule has 3 aliphatic rings. The number of nitrogens with one attached hydrogen (secondary N) is 1. The first-order valence-electron chi connectivity index (χ1n) is 13.3. The summed E-state index contributed by atoms with van der Waals surface area (Å²) in [5, 5.41) is 26.2. The number of pyridine rings is 1. The van der Waals surface area contributed by atoms with Crippen LogP contribution in [0.15, 0.2) is 30.5 Å². The number of phenols is 1. The van der Waals surface area contributed by atoms with Crippen LogP contribution in [0.1, 0.15) is 27.9 Å². The first-order valence-corrected chi connectivity index (χ1v) is 13.3. The van der Waals surface area contributed by atoms with E-state index in [0.717, 1.165) is 0 Å². The van der Waals surface area contributed by atoms with E-state index in [9.17, 15) is 34.2 Å². The number of carbonyl (C=O) groups is 5. The number of fused-ring (bicyclic) bond motifs is 3. The Morgan fingerprint density at radius 3 is 2.44 bits per heavy atom. The van der Waals surface area contributed by atoms with Crippen LogP contribution in [-0.2, 0) is 32.1 Å². The smallest absolute Gasteiger partial charge is 0.235 e. The van der Waals surface area contributed by atoms with Crippen LogP contribution in [0.2, 0.25) is 0 Å². The van der Waals surface area contributed by atoms with Crippen molar-refractivity contribution in [2.45, 2.75) is 31.0 Å². The second-order valence-electron chi connectivity index (χ2n) is 11.5. The summed E-state index contributed by atoms with van der Waals surface area (Å²) >= 11 is 0. The first kappa shape index (κ1) is 28.4. The van der Waals surface area contributed by atoms with Crippen LogP contribution in [0.4, 0.5) is 11.5 Å². The number of ketones is 4. The number of hydrogen-bond acceptors (Lipinski definition) is 11. The third-order valence-corrected chi connectivity index (χ3v) is 8.72. The Hall–Kier alpha value is -4.16. The van der Waals surface area contributed by atoms with Crippen LogP contribution in [0.3, 0.4) is 0 Å². The fraction of sp³-hybridized carbons (Fsp3) is 0.448. The van der Waals surface area contributed by atoms with Crippen LogP contribution in [-0.4, -0.2) is 89.0 Å². The van der Waals surface area contributed by atoms with E-state index in [0.29, 0.717) is 22.6 Å². The Balaban J connectivity index is 1.60. The molecule has 1 aromatic carbocycles. The highest BCUT2D eigenvalue weighted by Crippen LogP contribution is 2.52. The summed E-state index contributed by atoms with van der Waals surface area (Å²) in [6.07, 6.45) is 1.81. The van der Waals surface area contributed by atoms with Crippen molar-refractivity contribution >= 4 is 40.5 Å². The van der Waals surface area contributed by atoms with Gasteiger partial charge in [-0.2, -0.15) is 0 Å². The molecule has 2 saturated carbocycles. The molecule has 1 heterocycles. The Kier molecular flexibility index (Phi) is 6.94. The van der Waals surface area contributed by atoms with Gasteiger partial charge in [-0.15, -0.1) is 0 Å². The maximum absolute atomic E-state index is 14.1. The minimum absolute atomic E-state index is 0.000505. The van der Waals surface area contributed by atoms with Gasteiger partial charge in [0.2, 0.25) is 5.91 Å². The fourth-order valence-electron chi connectivity index (χ4n) is 6.89. The monoisotopic (exact) mass is 563 g/mol. The zero-order valence-corrected chi connectivity index (χ0v) is 23.2. The van der Waals surface area contributed by atoms with Gasteiger partial charge in [-0.05, 0) is 56.6 Å². The highest BCUT2D eigenvalue weighted by Gasteiger charge is 2.69. The Labute approximate surface area is 236 Å². The number of carbonyl (C=O) groups excluding carboxylic acids is 5. The van der Waals surface area contributed by atoms with E-state index in [-0.39, 0.29) is 30.7 Å². The average Bonchev–Trinajstić information content (AvgIpc) is 2.90. The number of anilines is 2. The van der Waals surface area contributed by atoms with Gasteiger partial charge < -0.3 is 26.2 Å². The molecule has 41 heavy (non-hydrogen) atoms.